The maximum absolute atomic E-state index is 12.9. The summed E-state index contributed by atoms with van der Waals surface area (Å²) >= 11 is 0. The predicted octanol–water partition coefficient (Wildman–Crippen LogP) is 2.07. The first kappa shape index (κ1) is 19.4. The molecule has 1 aliphatic rings. The Bertz CT molecular complexity index is 912. The van der Waals surface area contributed by atoms with E-state index in [1.54, 1.807) is 60.2 Å². The molecule has 2 aromatic carbocycles. The fourth-order valence-corrected chi connectivity index (χ4v) is 3.29. The third-order valence-electron chi connectivity index (χ3n) is 4.80. The van der Waals surface area contributed by atoms with Crippen LogP contribution in [-0.4, -0.2) is 45.0 Å². The number of nitrogens with zero attached hydrogens (tertiary/aromatic N) is 2. The van der Waals surface area contributed by atoms with Crippen LogP contribution in [0.1, 0.15) is 17.3 Å². The summed E-state index contributed by atoms with van der Waals surface area (Å²) in [5, 5.41) is 2.65. The van der Waals surface area contributed by atoms with E-state index >= 15 is 0 Å². The number of ether oxygens (including phenoxy) is 1. The van der Waals surface area contributed by atoms with Gasteiger partial charge in [0.05, 0.1) is 36.5 Å². The van der Waals surface area contributed by atoms with Gasteiger partial charge in [0.1, 0.15) is 5.75 Å². The van der Waals surface area contributed by atoms with E-state index < -0.39 is 5.91 Å². The molecule has 0 fully saturated rings. The second-order valence-electron chi connectivity index (χ2n) is 6.67. The SMILES string of the molecule is COc1ccccc1C(=O)NCC(=O)N1CC(C)C(=O)N(C)c2ccccc21. The van der Waals surface area contributed by atoms with Crippen LogP contribution in [0, 0.1) is 5.92 Å². The molecule has 1 aliphatic heterocycles. The molecule has 3 amide bonds. The first-order valence-corrected chi connectivity index (χ1v) is 9.02. The van der Waals surface area contributed by atoms with Crippen LogP contribution in [0.25, 0.3) is 0 Å². The number of carbonyl (C=O) groups excluding carboxylic acids is 3. The van der Waals surface area contributed by atoms with E-state index in [2.05, 4.69) is 5.32 Å². The molecular formula is C21H23N3O4. The van der Waals surface area contributed by atoms with Gasteiger partial charge >= 0.3 is 0 Å². The second kappa shape index (κ2) is 8.12. The van der Waals surface area contributed by atoms with Gasteiger partial charge < -0.3 is 19.9 Å². The lowest BCUT2D eigenvalue weighted by Crippen LogP contribution is -2.42. The zero-order valence-electron chi connectivity index (χ0n) is 16.1. The molecule has 0 aromatic heterocycles. The summed E-state index contributed by atoms with van der Waals surface area (Å²) in [4.78, 5) is 41.0. The Labute approximate surface area is 163 Å². The molecule has 1 N–H and O–H groups in total. The number of hydrogen-bond donors (Lipinski definition) is 1. The van der Waals surface area contributed by atoms with Crippen molar-refractivity contribution in [3.05, 3.63) is 54.1 Å². The van der Waals surface area contributed by atoms with E-state index in [9.17, 15) is 14.4 Å². The number of methoxy groups -OCH3 is 1. The Morgan fingerprint density at radius 3 is 2.46 bits per heavy atom. The lowest BCUT2D eigenvalue weighted by Gasteiger charge is -2.24. The average Bonchev–Trinajstić information content (AvgIpc) is 2.82. The number of rotatable bonds is 4. The zero-order valence-corrected chi connectivity index (χ0v) is 16.1. The van der Waals surface area contributed by atoms with Gasteiger partial charge in [-0.25, -0.2) is 0 Å². The lowest BCUT2D eigenvalue weighted by molar-refractivity contribution is -0.121. The first-order valence-electron chi connectivity index (χ1n) is 9.02. The highest BCUT2D eigenvalue weighted by Gasteiger charge is 2.31. The van der Waals surface area contributed by atoms with E-state index in [-0.39, 0.29) is 30.8 Å². The molecule has 0 bridgehead atoms. The molecule has 2 aromatic rings. The van der Waals surface area contributed by atoms with Crippen LogP contribution in [0.15, 0.2) is 48.5 Å². The molecule has 0 spiro atoms. The number of amides is 3. The van der Waals surface area contributed by atoms with Crippen LogP contribution < -0.4 is 19.9 Å². The van der Waals surface area contributed by atoms with Crippen molar-refractivity contribution < 1.29 is 19.1 Å². The molecule has 0 saturated carbocycles. The zero-order chi connectivity index (χ0) is 20.3. The van der Waals surface area contributed by atoms with Crippen LogP contribution in [0.3, 0.4) is 0 Å². The van der Waals surface area contributed by atoms with Gasteiger partial charge in [0.25, 0.3) is 5.91 Å². The van der Waals surface area contributed by atoms with Gasteiger partial charge in [-0.1, -0.05) is 31.2 Å². The van der Waals surface area contributed by atoms with Gasteiger partial charge in [-0.3, -0.25) is 14.4 Å². The fraction of sp³-hybridized carbons (Fsp3) is 0.286. The monoisotopic (exact) mass is 381 g/mol. The standard InChI is InChI=1S/C21H23N3O4/c1-14-13-24(17-10-6-5-9-16(17)23(2)21(14)27)19(25)12-22-20(26)15-8-4-7-11-18(15)28-3/h4-11,14H,12-13H2,1-3H3,(H,22,26). The highest BCUT2D eigenvalue weighted by atomic mass is 16.5. The van der Waals surface area contributed by atoms with Crippen molar-refractivity contribution in [2.45, 2.75) is 6.92 Å². The van der Waals surface area contributed by atoms with Gasteiger partial charge in [0.2, 0.25) is 11.8 Å². The minimum absolute atomic E-state index is 0.0548. The van der Waals surface area contributed by atoms with E-state index in [1.807, 2.05) is 12.1 Å². The number of para-hydroxylation sites is 3. The molecule has 7 heteroatoms. The average molecular weight is 381 g/mol. The molecule has 146 valence electrons. The minimum atomic E-state index is -0.393. The molecule has 1 atom stereocenters. The van der Waals surface area contributed by atoms with Crippen molar-refractivity contribution in [3.63, 3.8) is 0 Å². The third-order valence-corrected chi connectivity index (χ3v) is 4.80. The summed E-state index contributed by atoms with van der Waals surface area (Å²) < 4.78 is 5.19. The topological polar surface area (TPSA) is 79.0 Å². The number of benzene rings is 2. The molecule has 3 rings (SSSR count). The maximum Gasteiger partial charge on any atom is 0.255 e. The van der Waals surface area contributed by atoms with Gasteiger partial charge in [-0.2, -0.15) is 0 Å². The number of nitrogens with one attached hydrogen (secondary N) is 1. The fourth-order valence-electron chi connectivity index (χ4n) is 3.29. The van der Waals surface area contributed by atoms with Crippen molar-refractivity contribution in [3.8, 4) is 5.75 Å². The summed E-state index contributed by atoms with van der Waals surface area (Å²) in [6.07, 6.45) is 0. The molecule has 0 aliphatic carbocycles. The Hall–Kier alpha value is -3.35. The predicted molar refractivity (Wildman–Crippen MR) is 107 cm³/mol. The molecular weight excluding hydrogens is 358 g/mol. The lowest BCUT2D eigenvalue weighted by atomic mass is 10.1. The summed E-state index contributed by atoms with van der Waals surface area (Å²) in [5.74, 6) is -0.652. The maximum atomic E-state index is 12.9. The van der Waals surface area contributed by atoms with E-state index in [1.165, 1.54) is 7.11 Å². The Balaban J connectivity index is 1.79. The smallest absolute Gasteiger partial charge is 0.255 e. The molecule has 7 nitrogen and oxygen atoms in total. The van der Waals surface area contributed by atoms with Gasteiger partial charge in [-0.05, 0) is 24.3 Å². The Morgan fingerprint density at radius 1 is 1.11 bits per heavy atom. The molecule has 1 heterocycles. The summed E-state index contributed by atoms with van der Waals surface area (Å²) in [6, 6.07) is 14.1. The van der Waals surface area contributed by atoms with Gasteiger partial charge in [0, 0.05) is 13.6 Å². The summed E-state index contributed by atoms with van der Waals surface area (Å²) in [7, 11) is 3.19. The van der Waals surface area contributed by atoms with Gasteiger partial charge in [-0.15, -0.1) is 0 Å². The quantitative estimate of drug-likeness (QED) is 0.879. The van der Waals surface area contributed by atoms with Crippen LogP contribution in [0.2, 0.25) is 0 Å². The van der Waals surface area contributed by atoms with Crippen molar-refractivity contribution >= 4 is 29.1 Å². The van der Waals surface area contributed by atoms with Crippen LogP contribution in [0.5, 0.6) is 5.75 Å². The Kier molecular flexibility index (Phi) is 5.63. The second-order valence-corrected chi connectivity index (χ2v) is 6.67. The number of carbonyl (C=O) groups is 3. The minimum Gasteiger partial charge on any atom is -0.496 e. The van der Waals surface area contributed by atoms with Crippen molar-refractivity contribution in [2.75, 3.05) is 37.0 Å². The van der Waals surface area contributed by atoms with Crippen LogP contribution >= 0.6 is 0 Å². The van der Waals surface area contributed by atoms with Crippen molar-refractivity contribution in [2.24, 2.45) is 5.92 Å². The molecule has 28 heavy (non-hydrogen) atoms. The Morgan fingerprint density at radius 2 is 1.75 bits per heavy atom. The van der Waals surface area contributed by atoms with Gasteiger partial charge in [0.15, 0.2) is 0 Å². The largest absolute Gasteiger partial charge is 0.496 e. The van der Waals surface area contributed by atoms with Crippen molar-refractivity contribution in [1.29, 1.82) is 0 Å². The highest BCUT2D eigenvalue weighted by molar-refractivity contribution is 6.07. The first-order chi connectivity index (χ1) is 13.4. The van der Waals surface area contributed by atoms with Crippen LogP contribution in [0.4, 0.5) is 11.4 Å². The molecule has 0 radical (unpaired) electrons. The molecule has 0 saturated heterocycles. The number of anilines is 2. The van der Waals surface area contributed by atoms with E-state index in [0.717, 1.165) is 0 Å². The summed E-state index contributed by atoms with van der Waals surface area (Å²) in [6.45, 7) is 1.86. The summed E-state index contributed by atoms with van der Waals surface area (Å²) in [5.41, 5.74) is 1.68. The van der Waals surface area contributed by atoms with Crippen molar-refractivity contribution in [1.82, 2.24) is 5.32 Å². The molecule has 1 unspecified atom stereocenters. The van der Waals surface area contributed by atoms with E-state index in [4.69, 9.17) is 4.74 Å². The normalized spacial score (nSPS) is 16.2. The highest BCUT2D eigenvalue weighted by Crippen LogP contribution is 2.33. The third kappa shape index (κ3) is 3.69. The van der Waals surface area contributed by atoms with E-state index in [0.29, 0.717) is 22.7 Å². The number of fused-ring (bicyclic) bond motifs is 1. The van der Waals surface area contributed by atoms with Crippen LogP contribution in [-0.2, 0) is 9.59 Å². The number of hydrogen-bond acceptors (Lipinski definition) is 4.